The number of benzene rings is 2. The smallest absolute Gasteiger partial charge is 0.119 e. The van der Waals surface area contributed by atoms with Crippen LogP contribution in [-0.4, -0.2) is 12.2 Å². The van der Waals surface area contributed by atoms with Crippen molar-refractivity contribution < 1.29 is 9.84 Å². The van der Waals surface area contributed by atoms with Crippen molar-refractivity contribution in [3.63, 3.8) is 0 Å². The molecule has 1 unspecified atom stereocenters. The van der Waals surface area contributed by atoms with Crippen molar-refractivity contribution in [2.24, 2.45) is 0 Å². The minimum atomic E-state index is -0.796. The maximum absolute atomic E-state index is 11.0. The molecule has 3 nitrogen and oxygen atoms in total. The van der Waals surface area contributed by atoms with Crippen molar-refractivity contribution in [2.45, 2.75) is 24.9 Å². The molecule has 2 aromatic carbocycles. The summed E-state index contributed by atoms with van der Waals surface area (Å²) in [7, 11) is 1.65. The van der Waals surface area contributed by atoms with Crippen LogP contribution in [0.2, 0.25) is 0 Å². The summed E-state index contributed by atoms with van der Waals surface area (Å²) in [4.78, 5) is 0. The van der Waals surface area contributed by atoms with Gasteiger partial charge in [0.15, 0.2) is 0 Å². The van der Waals surface area contributed by atoms with Crippen LogP contribution in [0.4, 0.5) is 5.69 Å². The lowest BCUT2D eigenvalue weighted by atomic mass is 9.88. The molecule has 0 aromatic heterocycles. The molecule has 2 aromatic rings. The van der Waals surface area contributed by atoms with Crippen molar-refractivity contribution >= 4 is 5.69 Å². The van der Waals surface area contributed by atoms with Gasteiger partial charge in [-0.1, -0.05) is 18.2 Å². The maximum Gasteiger partial charge on any atom is 0.119 e. The van der Waals surface area contributed by atoms with E-state index in [1.807, 2.05) is 42.5 Å². The van der Waals surface area contributed by atoms with Gasteiger partial charge < -0.3 is 15.6 Å². The predicted molar refractivity (Wildman–Crippen MR) is 79.8 cm³/mol. The Hall–Kier alpha value is -2.00. The Bertz CT molecular complexity index is 639. The summed E-state index contributed by atoms with van der Waals surface area (Å²) in [5.74, 6) is 0.821. The summed E-state index contributed by atoms with van der Waals surface area (Å²) in [6.07, 6.45) is 2.21. The number of rotatable bonds is 3. The first-order valence-electron chi connectivity index (χ1n) is 6.85. The van der Waals surface area contributed by atoms with Gasteiger partial charge in [0.2, 0.25) is 0 Å². The SMILES string of the molecule is COc1cccc(CC2(O)CCc3cc(N)ccc32)c1. The van der Waals surface area contributed by atoms with E-state index in [0.717, 1.165) is 41.0 Å². The monoisotopic (exact) mass is 269 g/mol. The first-order chi connectivity index (χ1) is 9.60. The molecule has 104 valence electrons. The zero-order valence-corrected chi connectivity index (χ0v) is 11.6. The van der Waals surface area contributed by atoms with Crippen molar-refractivity contribution in [1.82, 2.24) is 0 Å². The largest absolute Gasteiger partial charge is 0.497 e. The molecular weight excluding hydrogens is 250 g/mol. The zero-order chi connectivity index (χ0) is 14.2. The molecule has 0 saturated carbocycles. The molecule has 0 bridgehead atoms. The molecule has 3 rings (SSSR count). The number of anilines is 1. The molecule has 1 aliphatic carbocycles. The highest BCUT2D eigenvalue weighted by Crippen LogP contribution is 2.40. The second-order valence-electron chi connectivity index (χ2n) is 5.48. The van der Waals surface area contributed by atoms with Crippen molar-refractivity contribution in [1.29, 1.82) is 0 Å². The van der Waals surface area contributed by atoms with Crippen LogP contribution in [-0.2, 0) is 18.4 Å². The van der Waals surface area contributed by atoms with E-state index in [4.69, 9.17) is 10.5 Å². The van der Waals surface area contributed by atoms with Crippen LogP contribution >= 0.6 is 0 Å². The molecule has 1 atom stereocenters. The highest BCUT2D eigenvalue weighted by molar-refractivity contribution is 5.49. The van der Waals surface area contributed by atoms with Crippen LogP contribution in [0.1, 0.15) is 23.1 Å². The standard InChI is InChI=1S/C17H19NO2/c1-20-15-4-2-3-12(9-15)11-17(19)8-7-13-10-14(18)5-6-16(13)17/h2-6,9-10,19H,7-8,11,18H2,1H3. The minimum absolute atomic E-state index is 0.598. The molecule has 1 aliphatic rings. The normalized spacial score (nSPS) is 20.7. The highest BCUT2D eigenvalue weighted by Gasteiger charge is 2.36. The van der Waals surface area contributed by atoms with E-state index in [1.54, 1.807) is 7.11 Å². The number of nitrogens with two attached hydrogens (primary N) is 1. The summed E-state index contributed by atoms with van der Waals surface area (Å²) in [5.41, 5.74) is 9.03. The highest BCUT2D eigenvalue weighted by atomic mass is 16.5. The van der Waals surface area contributed by atoms with E-state index in [1.165, 1.54) is 0 Å². The fraction of sp³-hybridized carbons (Fsp3) is 0.294. The Morgan fingerprint density at radius 2 is 2.10 bits per heavy atom. The van der Waals surface area contributed by atoms with Crippen LogP contribution in [0.3, 0.4) is 0 Å². The molecule has 0 saturated heterocycles. The van der Waals surface area contributed by atoms with Crippen LogP contribution in [0.25, 0.3) is 0 Å². The van der Waals surface area contributed by atoms with Crippen LogP contribution in [0, 0.1) is 0 Å². The van der Waals surface area contributed by atoms with Crippen molar-refractivity contribution in [3.8, 4) is 5.75 Å². The van der Waals surface area contributed by atoms with E-state index in [2.05, 4.69) is 0 Å². The third-order valence-corrected chi connectivity index (χ3v) is 4.07. The number of aryl methyl sites for hydroxylation is 1. The van der Waals surface area contributed by atoms with E-state index >= 15 is 0 Å². The number of aliphatic hydroxyl groups is 1. The Morgan fingerprint density at radius 1 is 1.25 bits per heavy atom. The van der Waals surface area contributed by atoms with Gasteiger partial charge >= 0.3 is 0 Å². The quantitative estimate of drug-likeness (QED) is 0.842. The van der Waals surface area contributed by atoms with Crippen molar-refractivity contribution in [2.75, 3.05) is 12.8 Å². The average Bonchev–Trinajstić information content (AvgIpc) is 2.75. The molecule has 3 heteroatoms. The lowest BCUT2D eigenvalue weighted by molar-refractivity contribution is 0.0389. The number of hydrogen-bond acceptors (Lipinski definition) is 3. The summed E-state index contributed by atoms with van der Waals surface area (Å²) in [6, 6.07) is 13.7. The number of hydrogen-bond donors (Lipinski definition) is 2. The fourth-order valence-corrected chi connectivity index (χ4v) is 3.05. The topological polar surface area (TPSA) is 55.5 Å². The third-order valence-electron chi connectivity index (χ3n) is 4.07. The first-order valence-corrected chi connectivity index (χ1v) is 6.85. The van der Waals surface area contributed by atoms with E-state index in [9.17, 15) is 5.11 Å². The molecular formula is C17H19NO2. The summed E-state index contributed by atoms with van der Waals surface area (Å²) < 4.78 is 5.24. The van der Waals surface area contributed by atoms with Crippen molar-refractivity contribution in [3.05, 3.63) is 59.2 Å². The second kappa shape index (κ2) is 4.84. The van der Waals surface area contributed by atoms with E-state index < -0.39 is 5.60 Å². The molecule has 0 aliphatic heterocycles. The second-order valence-corrected chi connectivity index (χ2v) is 5.48. The predicted octanol–water partition coefficient (Wildman–Crippen LogP) is 2.65. The first kappa shape index (κ1) is 13.0. The maximum atomic E-state index is 11.0. The molecule has 0 heterocycles. The van der Waals surface area contributed by atoms with Gasteiger partial charge in [-0.2, -0.15) is 0 Å². The Labute approximate surface area is 119 Å². The molecule has 0 fully saturated rings. The minimum Gasteiger partial charge on any atom is -0.497 e. The summed E-state index contributed by atoms with van der Waals surface area (Å²) in [5, 5.41) is 11.0. The van der Waals surface area contributed by atoms with Gasteiger partial charge in [0.05, 0.1) is 12.7 Å². The number of methoxy groups -OCH3 is 1. The molecule has 0 amide bonds. The fourth-order valence-electron chi connectivity index (χ4n) is 3.05. The van der Waals surface area contributed by atoms with Gasteiger partial charge in [-0.25, -0.2) is 0 Å². The number of fused-ring (bicyclic) bond motifs is 1. The molecule has 3 N–H and O–H groups in total. The zero-order valence-electron chi connectivity index (χ0n) is 11.6. The average molecular weight is 269 g/mol. The number of nitrogen functional groups attached to an aromatic ring is 1. The van der Waals surface area contributed by atoms with Crippen LogP contribution in [0.5, 0.6) is 5.75 Å². The van der Waals surface area contributed by atoms with E-state index in [-0.39, 0.29) is 0 Å². The summed E-state index contributed by atoms with van der Waals surface area (Å²) >= 11 is 0. The van der Waals surface area contributed by atoms with Crippen LogP contribution < -0.4 is 10.5 Å². The van der Waals surface area contributed by atoms with Gasteiger partial charge in [0.1, 0.15) is 5.75 Å². The lowest BCUT2D eigenvalue weighted by Gasteiger charge is -2.24. The number of ether oxygens (including phenoxy) is 1. The molecule has 0 spiro atoms. The van der Waals surface area contributed by atoms with Gasteiger partial charge in [-0.05, 0) is 53.8 Å². The Balaban J connectivity index is 1.91. The Kier molecular flexibility index (Phi) is 3.14. The van der Waals surface area contributed by atoms with E-state index in [0.29, 0.717) is 6.42 Å². The third kappa shape index (κ3) is 2.25. The van der Waals surface area contributed by atoms with Gasteiger partial charge in [-0.3, -0.25) is 0 Å². The van der Waals surface area contributed by atoms with Gasteiger partial charge in [-0.15, -0.1) is 0 Å². The molecule has 20 heavy (non-hydrogen) atoms. The van der Waals surface area contributed by atoms with Gasteiger partial charge in [0.25, 0.3) is 0 Å². The summed E-state index contributed by atoms with van der Waals surface area (Å²) in [6.45, 7) is 0. The molecule has 0 radical (unpaired) electrons. The Morgan fingerprint density at radius 3 is 2.90 bits per heavy atom. The van der Waals surface area contributed by atoms with Crippen LogP contribution in [0.15, 0.2) is 42.5 Å². The lowest BCUT2D eigenvalue weighted by Crippen LogP contribution is -2.25. The van der Waals surface area contributed by atoms with Gasteiger partial charge in [0, 0.05) is 12.1 Å².